The Balaban J connectivity index is 3.24. The van der Waals surface area contributed by atoms with E-state index in [1.807, 2.05) is 0 Å². The SMILES string of the molecule is CN1C(=O)N(C)C(O)C(F)([N+](=O)[O-])C1=O. The lowest BCUT2D eigenvalue weighted by Gasteiger charge is -2.36. The molecule has 0 aliphatic carbocycles. The number of likely N-dealkylation sites (N-methyl/N-ethyl adjacent to an activating group) is 2. The first-order chi connectivity index (χ1) is 6.74. The fourth-order valence-electron chi connectivity index (χ4n) is 1.20. The van der Waals surface area contributed by atoms with Gasteiger partial charge in [0.2, 0.25) is 6.23 Å². The third-order valence-corrected chi connectivity index (χ3v) is 2.17. The van der Waals surface area contributed by atoms with E-state index in [4.69, 9.17) is 5.11 Å². The van der Waals surface area contributed by atoms with Gasteiger partial charge in [0.1, 0.15) is 0 Å². The number of carbonyl (C=O) groups excluding carboxylic acids is 2. The van der Waals surface area contributed by atoms with Gasteiger partial charge in [0.25, 0.3) is 0 Å². The van der Waals surface area contributed by atoms with Crippen LogP contribution in [-0.4, -0.2) is 57.9 Å². The van der Waals surface area contributed by atoms with Crippen molar-refractivity contribution in [1.82, 2.24) is 9.80 Å². The second-order valence-corrected chi connectivity index (χ2v) is 3.06. The zero-order chi connectivity index (χ0) is 12.0. The number of rotatable bonds is 1. The molecular weight excluding hydrogens is 213 g/mol. The van der Waals surface area contributed by atoms with E-state index < -0.39 is 28.9 Å². The van der Waals surface area contributed by atoms with Gasteiger partial charge in [-0.05, 0) is 0 Å². The molecule has 0 radical (unpaired) electrons. The highest BCUT2D eigenvalue weighted by Crippen LogP contribution is 2.27. The number of carbonyl (C=O) groups is 2. The molecule has 15 heavy (non-hydrogen) atoms. The quantitative estimate of drug-likeness (QED) is 0.339. The van der Waals surface area contributed by atoms with Gasteiger partial charge in [0.05, 0.1) is 4.92 Å². The highest BCUT2D eigenvalue weighted by molar-refractivity contribution is 6.00. The summed E-state index contributed by atoms with van der Waals surface area (Å²) in [4.78, 5) is 31.7. The predicted molar refractivity (Wildman–Crippen MR) is 42.8 cm³/mol. The number of hydrogen-bond acceptors (Lipinski definition) is 5. The van der Waals surface area contributed by atoms with Gasteiger partial charge >= 0.3 is 17.7 Å². The molecule has 0 spiro atoms. The van der Waals surface area contributed by atoms with Crippen LogP contribution < -0.4 is 0 Å². The highest BCUT2D eigenvalue weighted by atomic mass is 19.1. The fraction of sp³-hybridized carbons (Fsp3) is 0.667. The van der Waals surface area contributed by atoms with Crippen LogP contribution in [0.15, 0.2) is 0 Å². The van der Waals surface area contributed by atoms with Crippen LogP contribution in [0.5, 0.6) is 0 Å². The highest BCUT2D eigenvalue weighted by Gasteiger charge is 2.66. The number of nitrogens with zero attached hydrogens (tertiary/aromatic N) is 3. The largest absolute Gasteiger partial charge is 0.481 e. The standard InChI is InChI=1S/C6H8FN3O5/c1-8-3(11)6(7,10(14)15)4(12)9(2)5(8)13/h3,11H,1-2H3. The molecule has 1 rings (SSSR count). The van der Waals surface area contributed by atoms with Crippen LogP contribution in [0.4, 0.5) is 9.18 Å². The molecule has 1 N–H and O–H groups in total. The Kier molecular flexibility index (Phi) is 2.35. The third-order valence-electron chi connectivity index (χ3n) is 2.17. The van der Waals surface area contributed by atoms with E-state index in [-0.39, 0.29) is 4.90 Å². The Morgan fingerprint density at radius 2 is 2.00 bits per heavy atom. The minimum atomic E-state index is -3.71. The van der Waals surface area contributed by atoms with Crippen LogP contribution in [0.3, 0.4) is 0 Å². The van der Waals surface area contributed by atoms with Crippen LogP contribution in [0.1, 0.15) is 0 Å². The molecule has 2 unspecified atom stereocenters. The molecule has 0 aromatic heterocycles. The summed E-state index contributed by atoms with van der Waals surface area (Å²) >= 11 is 0. The summed E-state index contributed by atoms with van der Waals surface area (Å²) in [5.74, 6) is -5.40. The first-order valence-corrected chi connectivity index (χ1v) is 3.81. The molecular formula is C6H8FN3O5. The van der Waals surface area contributed by atoms with Crippen molar-refractivity contribution in [2.75, 3.05) is 14.1 Å². The summed E-state index contributed by atoms with van der Waals surface area (Å²) < 4.78 is 13.6. The van der Waals surface area contributed by atoms with E-state index >= 15 is 0 Å². The molecule has 1 aliphatic rings. The molecule has 1 heterocycles. The Morgan fingerprint density at radius 1 is 1.53 bits per heavy atom. The van der Waals surface area contributed by atoms with Crippen LogP contribution in [-0.2, 0) is 4.79 Å². The van der Waals surface area contributed by atoms with E-state index in [1.165, 1.54) is 0 Å². The molecule has 1 aliphatic heterocycles. The first kappa shape index (κ1) is 11.3. The summed E-state index contributed by atoms with van der Waals surface area (Å²) in [5, 5.41) is 19.5. The zero-order valence-corrected chi connectivity index (χ0v) is 7.88. The van der Waals surface area contributed by atoms with Crippen molar-refractivity contribution in [2.24, 2.45) is 0 Å². The molecule has 1 saturated heterocycles. The topological polar surface area (TPSA) is 104 Å². The lowest BCUT2D eigenvalue weighted by Crippen LogP contribution is -2.70. The number of nitro groups is 1. The van der Waals surface area contributed by atoms with Crippen molar-refractivity contribution in [2.45, 2.75) is 12.0 Å². The Labute approximate surface area is 83.0 Å². The maximum absolute atomic E-state index is 13.6. The minimum absolute atomic E-state index is 0.246. The number of alkyl halides is 1. The van der Waals surface area contributed by atoms with E-state index in [0.717, 1.165) is 14.1 Å². The second-order valence-electron chi connectivity index (χ2n) is 3.06. The number of halogens is 1. The zero-order valence-electron chi connectivity index (χ0n) is 7.88. The molecule has 9 heteroatoms. The van der Waals surface area contributed by atoms with E-state index in [2.05, 4.69) is 0 Å². The van der Waals surface area contributed by atoms with Crippen LogP contribution in [0.25, 0.3) is 0 Å². The molecule has 0 bridgehead atoms. The minimum Gasteiger partial charge on any atom is -0.364 e. The lowest BCUT2D eigenvalue weighted by atomic mass is 10.1. The number of hydrogen-bond donors (Lipinski definition) is 1. The molecule has 2 atom stereocenters. The number of urea groups is 1. The molecule has 1 fully saturated rings. The van der Waals surface area contributed by atoms with Gasteiger partial charge in [0, 0.05) is 14.1 Å². The Bertz CT molecular complexity index is 348. The van der Waals surface area contributed by atoms with Gasteiger partial charge in [-0.15, -0.1) is 0 Å². The summed E-state index contributed by atoms with van der Waals surface area (Å²) in [7, 11) is 1.85. The molecule has 0 saturated carbocycles. The molecule has 0 aromatic rings. The smallest absolute Gasteiger partial charge is 0.364 e. The number of aliphatic hydroxyl groups is 1. The van der Waals surface area contributed by atoms with Crippen LogP contribution >= 0.6 is 0 Å². The number of aliphatic hydroxyl groups excluding tert-OH is 1. The fourth-order valence-corrected chi connectivity index (χ4v) is 1.20. The number of amides is 3. The molecule has 3 amide bonds. The average Bonchev–Trinajstić information content (AvgIpc) is 2.20. The number of imide groups is 1. The van der Waals surface area contributed by atoms with Crippen molar-refractivity contribution in [3.05, 3.63) is 10.1 Å². The predicted octanol–water partition coefficient (Wildman–Crippen LogP) is -1.23. The molecule has 84 valence electrons. The van der Waals surface area contributed by atoms with Crippen molar-refractivity contribution >= 4 is 11.9 Å². The summed E-state index contributed by atoms with van der Waals surface area (Å²) in [6, 6.07) is -1.01. The van der Waals surface area contributed by atoms with Crippen LogP contribution in [0.2, 0.25) is 0 Å². The van der Waals surface area contributed by atoms with E-state index in [0.29, 0.717) is 4.90 Å². The van der Waals surface area contributed by atoms with Gasteiger partial charge < -0.3 is 5.11 Å². The van der Waals surface area contributed by atoms with Crippen molar-refractivity contribution in [3.8, 4) is 0 Å². The maximum atomic E-state index is 13.6. The summed E-state index contributed by atoms with van der Waals surface area (Å²) in [5.41, 5.74) is 0. The van der Waals surface area contributed by atoms with Crippen LogP contribution in [0, 0.1) is 10.1 Å². The lowest BCUT2D eigenvalue weighted by molar-refractivity contribution is -0.607. The first-order valence-electron chi connectivity index (χ1n) is 3.81. The van der Waals surface area contributed by atoms with Crippen molar-refractivity contribution < 1.29 is 24.0 Å². The van der Waals surface area contributed by atoms with Gasteiger partial charge in [0.15, 0.2) is 0 Å². The van der Waals surface area contributed by atoms with Crippen molar-refractivity contribution in [1.29, 1.82) is 0 Å². The van der Waals surface area contributed by atoms with E-state index in [1.54, 1.807) is 0 Å². The van der Waals surface area contributed by atoms with Gasteiger partial charge in [-0.3, -0.25) is 24.7 Å². The van der Waals surface area contributed by atoms with E-state index in [9.17, 15) is 24.1 Å². The monoisotopic (exact) mass is 221 g/mol. The van der Waals surface area contributed by atoms with Gasteiger partial charge in [-0.1, -0.05) is 0 Å². The average molecular weight is 221 g/mol. The third kappa shape index (κ3) is 1.23. The summed E-state index contributed by atoms with van der Waals surface area (Å²) in [6.07, 6.45) is -2.43. The van der Waals surface area contributed by atoms with Gasteiger partial charge in [-0.2, -0.15) is 4.39 Å². The second kappa shape index (κ2) is 3.12. The Morgan fingerprint density at radius 3 is 2.40 bits per heavy atom. The Hall–Kier alpha value is -1.77. The maximum Gasteiger partial charge on any atom is 0.481 e. The molecule has 0 aromatic carbocycles. The summed E-state index contributed by atoms with van der Waals surface area (Å²) in [6.45, 7) is 0. The van der Waals surface area contributed by atoms with Gasteiger partial charge in [-0.25, -0.2) is 4.79 Å². The van der Waals surface area contributed by atoms with Crippen molar-refractivity contribution in [3.63, 3.8) is 0 Å². The normalized spacial score (nSPS) is 32.1. The molecule has 8 nitrogen and oxygen atoms in total.